The van der Waals surface area contributed by atoms with Crippen LogP contribution >= 0.6 is 11.6 Å². The van der Waals surface area contributed by atoms with Gasteiger partial charge in [0.05, 0.1) is 12.8 Å². The smallest absolute Gasteiger partial charge is 0.262 e. The number of methoxy groups -OCH3 is 1. The molecule has 0 aromatic heterocycles. The minimum absolute atomic E-state index is 0.0754. The zero-order chi connectivity index (χ0) is 18.6. The zero-order valence-electron chi connectivity index (χ0n) is 15.3. The number of rotatable bonds is 6. The molecule has 2 aromatic rings. The number of hydrogen-bond donors (Lipinski definition) is 1. The van der Waals surface area contributed by atoms with Crippen molar-refractivity contribution in [2.24, 2.45) is 0 Å². The van der Waals surface area contributed by atoms with Gasteiger partial charge in [-0.2, -0.15) is 0 Å². The van der Waals surface area contributed by atoms with E-state index in [0.29, 0.717) is 22.4 Å². The van der Waals surface area contributed by atoms with E-state index < -0.39 is 0 Å². The lowest BCUT2D eigenvalue weighted by Gasteiger charge is -2.16. The lowest BCUT2D eigenvalue weighted by atomic mass is 10.0. The Morgan fingerprint density at radius 2 is 1.88 bits per heavy atom. The first-order chi connectivity index (χ1) is 11.8. The first-order valence-corrected chi connectivity index (χ1v) is 8.57. The van der Waals surface area contributed by atoms with E-state index in [2.05, 4.69) is 19.2 Å². The molecule has 2 rings (SSSR count). The molecule has 0 radical (unpaired) electrons. The molecule has 0 unspecified atom stereocenters. The number of carbonyl (C=O) groups is 1. The van der Waals surface area contributed by atoms with Crippen molar-refractivity contribution in [2.45, 2.75) is 33.6 Å². The molecule has 0 saturated heterocycles. The van der Waals surface area contributed by atoms with Crippen molar-refractivity contribution in [3.63, 3.8) is 0 Å². The van der Waals surface area contributed by atoms with E-state index in [0.717, 1.165) is 22.4 Å². The number of nitrogens with one attached hydrogen (secondary N) is 1. The normalized spacial score (nSPS) is 10.7. The van der Waals surface area contributed by atoms with Gasteiger partial charge in [-0.25, -0.2) is 0 Å². The van der Waals surface area contributed by atoms with Gasteiger partial charge in [0.2, 0.25) is 0 Å². The Balaban J connectivity index is 2.10. The molecule has 4 nitrogen and oxygen atoms in total. The van der Waals surface area contributed by atoms with Crippen LogP contribution in [0.5, 0.6) is 11.5 Å². The van der Waals surface area contributed by atoms with Crippen molar-refractivity contribution in [1.82, 2.24) is 0 Å². The fraction of sp³-hybridized carbons (Fsp3) is 0.350. The summed E-state index contributed by atoms with van der Waals surface area (Å²) in [5.41, 5.74) is 3.61. The largest absolute Gasteiger partial charge is 0.495 e. The molecule has 0 saturated carbocycles. The minimum atomic E-state index is -0.253. The van der Waals surface area contributed by atoms with Gasteiger partial charge in [0.25, 0.3) is 5.91 Å². The van der Waals surface area contributed by atoms with E-state index in [-0.39, 0.29) is 12.5 Å². The second kappa shape index (κ2) is 8.26. The molecule has 134 valence electrons. The summed E-state index contributed by atoms with van der Waals surface area (Å²) >= 11 is 6.09. The van der Waals surface area contributed by atoms with Crippen molar-refractivity contribution in [3.05, 3.63) is 52.0 Å². The maximum Gasteiger partial charge on any atom is 0.262 e. The lowest BCUT2D eigenvalue weighted by molar-refractivity contribution is -0.118. The summed E-state index contributed by atoms with van der Waals surface area (Å²) in [4.78, 5) is 12.3. The molecule has 0 aliphatic carbocycles. The zero-order valence-corrected chi connectivity index (χ0v) is 16.0. The fourth-order valence-electron chi connectivity index (χ4n) is 2.50. The molecule has 0 atom stereocenters. The number of halogens is 1. The van der Waals surface area contributed by atoms with Crippen molar-refractivity contribution < 1.29 is 14.3 Å². The number of ether oxygens (including phenoxy) is 2. The van der Waals surface area contributed by atoms with Crippen LogP contribution < -0.4 is 14.8 Å². The van der Waals surface area contributed by atoms with Crippen LogP contribution in [0.15, 0.2) is 30.3 Å². The highest BCUT2D eigenvalue weighted by atomic mass is 35.5. The van der Waals surface area contributed by atoms with E-state index in [9.17, 15) is 4.79 Å². The van der Waals surface area contributed by atoms with E-state index in [1.54, 1.807) is 12.1 Å². The summed E-state index contributed by atoms with van der Waals surface area (Å²) in [6.07, 6.45) is 0. The van der Waals surface area contributed by atoms with Crippen molar-refractivity contribution in [3.8, 4) is 11.5 Å². The van der Waals surface area contributed by atoms with Crippen molar-refractivity contribution in [1.29, 1.82) is 0 Å². The average molecular weight is 362 g/mol. The molecule has 0 aliphatic heterocycles. The van der Waals surface area contributed by atoms with E-state index in [1.165, 1.54) is 7.11 Å². The Kier molecular flexibility index (Phi) is 6.32. The fourth-order valence-corrected chi connectivity index (χ4v) is 2.66. The Morgan fingerprint density at radius 1 is 1.16 bits per heavy atom. The molecule has 2 aromatic carbocycles. The van der Waals surface area contributed by atoms with Gasteiger partial charge < -0.3 is 14.8 Å². The van der Waals surface area contributed by atoms with Crippen molar-refractivity contribution in [2.75, 3.05) is 19.0 Å². The van der Waals surface area contributed by atoms with Crippen LogP contribution in [0, 0.1) is 13.8 Å². The molecule has 0 heterocycles. The van der Waals surface area contributed by atoms with Gasteiger partial charge in [-0.1, -0.05) is 37.6 Å². The van der Waals surface area contributed by atoms with Crippen molar-refractivity contribution >= 4 is 23.2 Å². The molecular weight excluding hydrogens is 338 g/mol. The Labute approximate surface area is 154 Å². The summed E-state index contributed by atoms with van der Waals surface area (Å²) in [7, 11) is 1.54. The van der Waals surface area contributed by atoms with Crippen LogP contribution in [0.3, 0.4) is 0 Å². The maximum absolute atomic E-state index is 12.3. The number of benzene rings is 2. The number of amides is 1. The highest BCUT2D eigenvalue weighted by molar-refractivity contribution is 6.31. The molecule has 5 heteroatoms. The van der Waals surface area contributed by atoms with Gasteiger partial charge in [-0.15, -0.1) is 0 Å². The molecule has 0 bridgehead atoms. The predicted octanol–water partition coefficient (Wildman–Crippen LogP) is 5.11. The molecule has 1 N–H and O–H groups in total. The first-order valence-electron chi connectivity index (χ1n) is 8.19. The van der Waals surface area contributed by atoms with Gasteiger partial charge >= 0.3 is 0 Å². The summed E-state index contributed by atoms with van der Waals surface area (Å²) in [5, 5.41) is 3.41. The van der Waals surface area contributed by atoms with Gasteiger partial charge in [-0.05, 0) is 48.6 Å². The second-order valence-corrected chi connectivity index (χ2v) is 6.74. The lowest BCUT2D eigenvalue weighted by Crippen LogP contribution is -2.21. The van der Waals surface area contributed by atoms with Gasteiger partial charge in [0.1, 0.15) is 11.5 Å². The van der Waals surface area contributed by atoms with Gasteiger partial charge in [-0.3, -0.25) is 4.79 Å². The van der Waals surface area contributed by atoms with Crippen LogP contribution in [0.25, 0.3) is 0 Å². The average Bonchev–Trinajstić information content (AvgIpc) is 2.55. The predicted molar refractivity (Wildman–Crippen MR) is 102 cm³/mol. The standard InChI is InChI=1S/C20H24ClNO3/c1-12(2)15-7-6-13(3)8-18(15)25-11-20(23)22-17-9-14(4)16(21)10-19(17)24-5/h6-10,12H,11H2,1-5H3,(H,22,23). The first kappa shape index (κ1) is 19.1. The molecule has 25 heavy (non-hydrogen) atoms. The molecule has 0 spiro atoms. The number of hydrogen-bond acceptors (Lipinski definition) is 3. The summed E-state index contributed by atoms with van der Waals surface area (Å²) in [6.45, 7) is 7.99. The van der Waals surface area contributed by atoms with Crippen LogP contribution in [0.4, 0.5) is 5.69 Å². The summed E-state index contributed by atoms with van der Waals surface area (Å²) in [6, 6.07) is 9.51. The summed E-state index contributed by atoms with van der Waals surface area (Å²) < 4.78 is 11.0. The molecule has 0 aliphatic rings. The highest BCUT2D eigenvalue weighted by Gasteiger charge is 2.13. The molecule has 1 amide bonds. The third-order valence-electron chi connectivity index (χ3n) is 3.90. The minimum Gasteiger partial charge on any atom is -0.495 e. The van der Waals surface area contributed by atoms with Crippen LogP contribution in [0.1, 0.15) is 36.5 Å². The van der Waals surface area contributed by atoms with E-state index >= 15 is 0 Å². The molecule has 0 fully saturated rings. The highest BCUT2D eigenvalue weighted by Crippen LogP contribution is 2.31. The quantitative estimate of drug-likeness (QED) is 0.778. The van der Waals surface area contributed by atoms with E-state index in [1.807, 2.05) is 32.0 Å². The third-order valence-corrected chi connectivity index (χ3v) is 4.31. The Morgan fingerprint density at radius 3 is 2.52 bits per heavy atom. The van der Waals surface area contributed by atoms with Crippen LogP contribution in [-0.2, 0) is 4.79 Å². The van der Waals surface area contributed by atoms with E-state index in [4.69, 9.17) is 21.1 Å². The number of carbonyl (C=O) groups excluding carboxylic acids is 1. The topological polar surface area (TPSA) is 47.6 Å². The SMILES string of the molecule is COc1cc(Cl)c(C)cc1NC(=O)COc1cc(C)ccc1C(C)C. The maximum atomic E-state index is 12.3. The van der Waals surface area contributed by atoms with Gasteiger partial charge in [0.15, 0.2) is 6.61 Å². The number of aryl methyl sites for hydroxylation is 2. The van der Waals surface area contributed by atoms with Gasteiger partial charge in [0, 0.05) is 11.1 Å². The third kappa shape index (κ3) is 4.89. The monoisotopic (exact) mass is 361 g/mol. The summed E-state index contributed by atoms with van der Waals surface area (Å²) in [5.74, 6) is 1.32. The van der Waals surface area contributed by atoms with Crippen LogP contribution in [-0.4, -0.2) is 19.6 Å². The molecular formula is C20H24ClNO3. The Bertz CT molecular complexity index is 772. The number of anilines is 1. The second-order valence-electron chi connectivity index (χ2n) is 6.33. The Hall–Kier alpha value is -2.20. The van der Waals surface area contributed by atoms with Crippen LogP contribution in [0.2, 0.25) is 5.02 Å².